The number of methoxy groups -OCH3 is 1. The van der Waals surface area contributed by atoms with Gasteiger partial charge in [-0.15, -0.1) is 12.4 Å². The number of halogens is 1. The molecule has 0 aliphatic rings. The first-order chi connectivity index (χ1) is 14.6. The lowest BCUT2D eigenvalue weighted by Gasteiger charge is -2.12. The molecule has 0 saturated carbocycles. The van der Waals surface area contributed by atoms with Crippen molar-refractivity contribution >= 4 is 29.8 Å². The van der Waals surface area contributed by atoms with Crippen LogP contribution in [0.4, 0.5) is 11.5 Å². The second-order valence-electron chi connectivity index (χ2n) is 6.52. The minimum absolute atomic E-state index is 0. The van der Waals surface area contributed by atoms with Gasteiger partial charge in [-0.1, -0.05) is 41.6 Å². The van der Waals surface area contributed by atoms with Crippen LogP contribution in [0, 0.1) is 6.92 Å². The van der Waals surface area contributed by atoms with Crippen LogP contribution in [0.5, 0.6) is 5.75 Å². The van der Waals surface area contributed by atoms with E-state index in [2.05, 4.69) is 20.4 Å². The molecular weight excluding hydrogens is 418 g/mol. The number of aromatic nitrogens is 3. The summed E-state index contributed by atoms with van der Waals surface area (Å²) >= 11 is 0. The summed E-state index contributed by atoms with van der Waals surface area (Å²) in [6, 6.07) is 14.7. The summed E-state index contributed by atoms with van der Waals surface area (Å²) in [5.41, 5.74) is 9.18. The second kappa shape index (κ2) is 9.27. The van der Waals surface area contributed by atoms with Gasteiger partial charge in [0.15, 0.2) is 0 Å². The van der Waals surface area contributed by atoms with Crippen molar-refractivity contribution in [1.29, 1.82) is 0 Å². The molecule has 158 valence electrons. The zero-order valence-corrected chi connectivity index (χ0v) is 17.6. The second-order valence-corrected chi connectivity index (χ2v) is 6.52. The molecule has 2 aromatic carbocycles. The highest BCUT2D eigenvalue weighted by Gasteiger charge is 2.22. The van der Waals surface area contributed by atoms with Gasteiger partial charge in [-0.3, -0.25) is 9.78 Å². The number of aryl methyl sites for hydroxylation is 1. The topological polar surface area (TPSA) is 116 Å². The minimum Gasteiger partial charge on any atom is -0.495 e. The van der Waals surface area contributed by atoms with Crippen LogP contribution < -0.4 is 15.8 Å². The van der Waals surface area contributed by atoms with E-state index in [1.165, 1.54) is 13.3 Å². The van der Waals surface area contributed by atoms with Crippen molar-refractivity contribution < 1.29 is 14.1 Å². The van der Waals surface area contributed by atoms with Gasteiger partial charge in [0, 0.05) is 11.1 Å². The van der Waals surface area contributed by atoms with Crippen LogP contribution in [0.25, 0.3) is 22.5 Å². The highest BCUT2D eigenvalue weighted by molar-refractivity contribution is 6.09. The van der Waals surface area contributed by atoms with Crippen molar-refractivity contribution in [2.45, 2.75) is 6.92 Å². The summed E-state index contributed by atoms with van der Waals surface area (Å²) in [6.07, 6.45) is 3.06. The van der Waals surface area contributed by atoms with Crippen molar-refractivity contribution in [3.63, 3.8) is 0 Å². The fourth-order valence-electron chi connectivity index (χ4n) is 3.06. The van der Waals surface area contributed by atoms with Crippen molar-refractivity contribution in [3.8, 4) is 28.3 Å². The Morgan fingerprint density at radius 2 is 1.84 bits per heavy atom. The molecule has 1 amide bonds. The molecule has 0 aliphatic heterocycles. The van der Waals surface area contributed by atoms with Crippen LogP contribution in [0.15, 0.2) is 65.4 Å². The van der Waals surface area contributed by atoms with E-state index >= 15 is 0 Å². The lowest BCUT2D eigenvalue weighted by Crippen LogP contribution is -2.14. The fourth-order valence-corrected chi connectivity index (χ4v) is 3.06. The van der Waals surface area contributed by atoms with Gasteiger partial charge in [0.2, 0.25) is 0 Å². The molecule has 3 N–H and O–H groups in total. The molecule has 0 fully saturated rings. The monoisotopic (exact) mass is 437 g/mol. The van der Waals surface area contributed by atoms with Gasteiger partial charge in [0.1, 0.15) is 28.6 Å². The lowest BCUT2D eigenvalue weighted by atomic mass is 10.1. The molecule has 0 radical (unpaired) electrons. The number of hydrogen-bond acceptors (Lipinski definition) is 7. The summed E-state index contributed by atoms with van der Waals surface area (Å²) in [5.74, 6) is 0.910. The van der Waals surface area contributed by atoms with Gasteiger partial charge in [-0.25, -0.2) is 4.98 Å². The molecule has 0 bridgehead atoms. The third kappa shape index (κ3) is 4.49. The molecule has 4 aromatic rings. The summed E-state index contributed by atoms with van der Waals surface area (Å²) in [4.78, 5) is 21.4. The predicted molar refractivity (Wildman–Crippen MR) is 120 cm³/mol. The third-order valence-corrected chi connectivity index (χ3v) is 4.55. The summed E-state index contributed by atoms with van der Waals surface area (Å²) in [7, 11) is 1.53. The number of carbonyl (C=O) groups is 1. The Bertz CT molecular complexity index is 1190. The number of rotatable bonds is 5. The normalized spacial score (nSPS) is 10.3. The Morgan fingerprint density at radius 3 is 2.52 bits per heavy atom. The maximum Gasteiger partial charge on any atom is 0.261 e. The summed E-state index contributed by atoms with van der Waals surface area (Å²) < 4.78 is 10.8. The van der Waals surface area contributed by atoms with E-state index in [4.69, 9.17) is 15.0 Å². The summed E-state index contributed by atoms with van der Waals surface area (Å²) in [5, 5.41) is 6.94. The van der Waals surface area contributed by atoms with E-state index < -0.39 is 0 Å². The first-order valence-electron chi connectivity index (χ1n) is 9.16. The van der Waals surface area contributed by atoms with Crippen molar-refractivity contribution in [2.24, 2.45) is 0 Å². The average molecular weight is 438 g/mol. The van der Waals surface area contributed by atoms with Gasteiger partial charge >= 0.3 is 0 Å². The highest BCUT2D eigenvalue weighted by Crippen LogP contribution is 2.32. The molecule has 9 heteroatoms. The highest BCUT2D eigenvalue weighted by atomic mass is 35.5. The zero-order chi connectivity index (χ0) is 21.1. The molecule has 0 spiro atoms. The predicted octanol–water partition coefficient (Wildman–Crippen LogP) is 4.37. The molecule has 4 rings (SSSR count). The first kappa shape index (κ1) is 21.8. The first-order valence-corrected chi connectivity index (χ1v) is 9.16. The maximum atomic E-state index is 13.0. The van der Waals surface area contributed by atoms with Gasteiger partial charge in [0.25, 0.3) is 5.91 Å². The van der Waals surface area contributed by atoms with Crippen LogP contribution in [0.1, 0.15) is 16.1 Å². The Hall–Kier alpha value is -3.91. The number of nitrogens with one attached hydrogen (secondary N) is 1. The van der Waals surface area contributed by atoms with E-state index in [0.717, 1.165) is 11.1 Å². The average Bonchev–Trinajstić information content (AvgIpc) is 3.16. The third-order valence-electron chi connectivity index (χ3n) is 4.55. The minimum atomic E-state index is -0.342. The van der Waals surface area contributed by atoms with E-state index in [1.54, 1.807) is 25.3 Å². The van der Waals surface area contributed by atoms with Crippen LogP contribution in [0.2, 0.25) is 0 Å². The van der Waals surface area contributed by atoms with Crippen LogP contribution in [-0.4, -0.2) is 28.1 Å². The Kier molecular flexibility index (Phi) is 6.52. The summed E-state index contributed by atoms with van der Waals surface area (Å²) in [6.45, 7) is 1.70. The SMILES string of the molecule is COc1cc(-c2cnc(N)cn2)ccc1NC(=O)c1c(-c2ccccc2)noc1C.Cl. The number of nitrogens with zero attached hydrogens (tertiary/aromatic N) is 3. The molecular formula is C22H20ClN5O3. The zero-order valence-electron chi connectivity index (χ0n) is 16.8. The standard InChI is InChI=1S/C22H19N5O3.ClH/c1-13-20(21(27-30-13)14-6-4-3-5-7-14)22(28)26-16-9-8-15(10-18(16)29-2)17-11-25-19(23)12-24-17;/h3-12H,1-2H3,(H2,23,25)(H,26,28);1H. The van der Waals surface area contributed by atoms with E-state index in [1.807, 2.05) is 36.4 Å². The van der Waals surface area contributed by atoms with Gasteiger partial charge in [-0.2, -0.15) is 0 Å². The number of benzene rings is 2. The molecule has 0 atom stereocenters. The van der Waals surface area contributed by atoms with Gasteiger partial charge in [0.05, 0.1) is 30.9 Å². The number of hydrogen-bond donors (Lipinski definition) is 2. The number of carbonyl (C=O) groups excluding carboxylic acids is 1. The number of nitrogen functional groups attached to an aromatic ring is 1. The smallest absolute Gasteiger partial charge is 0.261 e. The molecule has 0 saturated heterocycles. The van der Waals surface area contributed by atoms with E-state index in [0.29, 0.717) is 40.0 Å². The largest absolute Gasteiger partial charge is 0.495 e. The fraction of sp³-hybridized carbons (Fsp3) is 0.0909. The molecule has 31 heavy (non-hydrogen) atoms. The Balaban J connectivity index is 0.00000272. The number of amides is 1. The van der Waals surface area contributed by atoms with Crippen molar-refractivity contribution in [1.82, 2.24) is 15.1 Å². The van der Waals surface area contributed by atoms with E-state index in [-0.39, 0.29) is 18.3 Å². The molecule has 2 aromatic heterocycles. The van der Waals surface area contributed by atoms with Crippen LogP contribution in [0.3, 0.4) is 0 Å². The number of nitrogens with two attached hydrogens (primary N) is 1. The van der Waals surface area contributed by atoms with Crippen molar-refractivity contribution in [2.75, 3.05) is 18.2 Å². The quantitative estimate of drug-likeness (QED) is 0.476. The lowest BCUT2D eigenvalue weighted by molar-refractivity contribution is 0.102. The van der Waals surface area contributed by atoms with E-state index in [9.17, 15) is 4.79 Å². The van der Waals surface area contributed by atoms with Crippen molar-refractivity contribution in [3.05, 3.63) is 72.2 Å². The number of anilines is 2. The molecule has 0 unspecified atom stereocenters. The molecule has 0 aliphatic carbocycles. The van der Waals surface area contributed by atoms with Gasteiger partial charge in [-0.05, 0) is 19.1 Å². The van der Waals surface area contributed by atoms with Crippen LogP contribution >= 0.6 is 12.4 Å². The maximum absolute atomic E-state index is 13.0. The molecule has 8 nitrogen and oxygen atoms in total. The number of ether oxygens (including phenoxy) is 1. The molecule has 2 heterocycles. The van der Waals surface area contributed by atoms with Crippen LogP contribution in [-0.2, 0) is 0 Å². The van der Waals surface area contributed by atoms with Gasteiger partial charge < -0.3 is 20.3 Å². The Morgan fingerprint density at radius 1 is 1.06 bits per heavy atom. The Labute approximate surface area is 184 Å².